The van der Waals surface area contributed by atoms with Gasteiger partial charge in [-0.2, -0.15) is 11.8 Å². The Kier molecular flexibility index (Phi) is 3.54. The van der Waals surface area contributed by atoms with Gasteiger partial charge in [-0.1, -0.05) is 0 Å². The summed E-state index contributed by atoms with van der Waals surface area (Å²) in [6.07, 6.45) is 6.06. The van der Waals surface area contributed by atoms with E-state index in [1.807, 2.05) is 6.26 Å². The Morgan fingerprint density at radius 2 is 2.64 bits per heavy atom. The van der Waals surface area contributed by atoms with Crippen LogP contribution in [-0.4, -0.2) is 24.6 Å². The Labute approximate surface area is 89.4 Å². The lowest BCUT2D eigenvalue weighted by Gasteiger charge is -2.21. The van der Waals surface area contributed by atoms with Crippen LogP contribution >= 0.6 is 11.8 Å². The number of thioether (sulfide) groups is 1. The average Bonchev–Trinajstić information content (AvgIpc) is 2.86. The van der Waals surface area contributed by atoms with Crippen molar-refractivity contribution in [1.29, 1.82) is 0 Å². The third-order valence-electron chi connectivity index (χ3n) is 2.94. The normalized spacial score (nSPS) is 23.9. The second kappa shape index (κ2) is 4.89. The van der Waals surface area contributed by atoms with Gasteiger partial charge < -0.3 is 9.73 Å². The summed E-state index contributed by atoms with van der Waals surface area (Å²) in [6, 6.07) is 2.68. The van der Waals surface area contributed by atoms with Gasteiger partial charge in [-0.25, -0.2) is 0 Å². The molecule has 1 fully saturated rings. The van der Waals surface area contributed by atoms with E-state index < -0.39 is 0 Å². The topological polar surface area (TPSA) is 25.2 Å². The molecule has 0 aliphatic carbocycles. The van der Waals surface area contributed by atoms with Crippen LogP contribution in [-0.2, 0) is 6.42 Å². The van der Waals surface area contributed by atoms with Crippen LogP contribution in [0.3, 0.4) is 0 Å². The van der Waals surface area contributed by atoms with E-state index in [1.165, 1.54) is 23.5 Å². The summed E-state index contributed by atoms with van der Waals surface area (Å²) >= 11 is 2.08. The molecule has 2 nitrogen and oxygen atoms in total. The largest absolute Gasteiger partial charge is 0.472 e. The van der Waals surface area contributed by atoms with Crippen molar-refractivity contribution in [3.05, 3.63) is 24.2 Å². The maximum atomic E-state index is 5.09. The fraction of sp³-hybridized carbons (Fsp3) is 0.636. The number of hydrogen-bond donors (Lipinski definition) is 1. The van der Waals surface area contributed by atoms with Crippen LogP contribution in [0.25, 0.3) is 0 Å². The highest BCUT2D eigenvalue weighted by molar-refractivity contribution is 7.99. The molecule has 14 heavy (non-hydrogen) atoms. The van der Waals surface area contributed by atoms with E-state index in [0.29, 0.717) is 6.04 Å². The number of likely N-dealkylation sites (N-methyl/N-ethyl adjacent to an activating group) is 1. The molecule has 0 amide bonds. The van der Waals surface area contributed by atoms with Gasteiger partial charge in [0.1, 0.15) is 0 Å². The van der Waals surface area contributed by atoms with Crippen LogP contribution < -0.4 is 5.32 Å². The predicted octanol–water partition coefficient (Wildman–Crippen LogP) is 2.16. The van der Waals surface area contributed by atoms with Crippen molar-refractivity contribution in [2.24, 2.45) is 5.92 Å². The minimum atomic E-state index is 0.614. The van der Waals surface area contributed by atoms with E-state index in [4.69, 9.17) is 4.42 Å². The first-order valence-electron chi connectivity index (χ1n) is 5.16. The van der Waals surface area contributed by atoms with Crippen molar-refractivity contribution in [3.8, 4) is 0 Å². The van der Waals surface area contributed by atoms with Gasteiger partial charge in [-0.05, 0) is 48.9 Å². The molecule has 0 spiro atoms. The number of hydrogen-bond acceptors (Lipinski definition) is 3. The fourth-order valence-electron chi connectivity index (χ4n) is 2.04. The summed E-state index contributed by atoms with van der Waals surface area (Å²) in [5.41, 5.74) is 1.31. The Morgan fingerprint density at radius 1 is 1.71 bits per heavy atom. The molecule has 2 atom stereocenters. The van der Waals surface area contributed by atoms with E-state index >= 15 is 0 Å². The van der Waals surface area contributed by atoms with Crippen molar-refractivity contribution < 1.29 is 4.42 Å². The molecule has 1 aromatic rings. The van der Waals surface area contributed by atoms with Crippen LogP contribution in [0.2, 0.25) is 0 Å². The maximum absolute atomic E-state index is 5.09. The minimum Gasteiger partial charge on any atom is -0.472 e. The van der Waals surface area contributed by atoms with Crippen molar-refractivity contribution in [2.45, 2.75) is 18.9 Å². The van der Waals surface area contributed by atoms with Crippen LogP contribution in [0.4, 0.5) is 0 Å². The standard InChI is InChI=1S/C11H17NOS/c1-12-11(10-3-5-14-8-10)6-9-2-4-13-7-9/h2,4,7,10-12H,3,5-6,8H2,1H3. The highest BCUT2D eigenvalue weighted by Crippen LogP contribution is 2.27. The Bertz CT molecular complexity index is 254. The molecule has 0 aromatic carbocycles. The fourth-order valence-corrected chi connectivity index (χ4v) is 3.38. The van der Waals surface area contributed by atoms with Gasteiger partial charge >= 0.3 is 0 Å². The first-order valence-corrected chi connectivity index (χ1v) is 6.31. The van der Waals surface area contributed by atoms with Gasteiger partial charge in [0.15, 0.2) is 0 Å². The SMILES string of the molecule is CNC(Cc1ccoc1)C1CCSC1. The first kappa shape index (κ1) is 10.1. The van der Waals surface area contributed by atoms with E-state index in [-0.39, 0.29) is 0 Å². The summed E-state index contributed by atoms with van der Waals surface area (Å²) in [6.45, 7) is 0. The van der Waals surface area contributed by atoms with Crippen molar-refractivity contribution in [2.75, 3.05) is 18.6 Å². The smallest absolute Gasteiger partial charge is 0.0935 e. The zero-order chi connectivity index (χ0) is 9.80. The molecule has 0 bridgehead atoms. The molecular weight excluding hydrogens is 194 g/mol. The van der Waals surface area contributed by atoms with Gasteiger partial charge in [-0.3, -0.25) is 0 Å². The highest BCUT2D eigenvalue weighted by atomic mass is 32.2. The monoisotopic (exact) mass is 211 g/mol. The van der Waals surface area contributed by atoms with E-state index in [2.05, 4.69) is 30.2 Å². The molecule has 0 saturated carbocycles. The zero-order valence-corrected chi connectivity index (χ0v) is 9.35. The van der Waals surface area contributed by atoms with Gasteiger partial charge in [0.25, 0.3) is 0 Å². The molecule has 2 heterocycles. The third-order valence-corrected chi connectivity index (χ3v) is 4.13. The second-order valence-electron chi connectivity index (χ2n) is 3.85. The van der Waals surface area contributed by atoms with Crippen molar-refractivity contribution in [3.63, 3.8) is 0 Å². The highest BCUT2D eigenvalue weighted by Gasteiger charge is 2.24. The van der Waals surface area contributed by atoms with E-state index in [1.54, 1.807) is 6.26 Å². The molecule has 1 aliphatic rings. The molecule has 2 rings (SSSR count). The predicted molar refractivity (Wildman–Crippen MR) is 60.7 cm³/mol. The molecule has 1 saturated heterocycles. The van der Waals surface area contributed by atoms with Crippen LogP contribution in [0.1, 0.15) is 12.0 Å². The lowest BCUT2D eigenvalue weighted by atomic mass is 9.94. The van der Waals surface area contributed by atoms with Crippen LogP contribution in [0.5, 0.6) is 0 Å². The molecule has 78 valence electrons. The minimum absolute atomic E-state index is 0.614. The number of furan rings is 1. The van der Waals surface area contributed by atoms with E-state index in [0.717, 1.165) is 12.3 Å². The summed E-state index contributed by atoms with van der Waals surface area (Å²) in [5.74, 6) is 3.47. The molecule has 1 N–H and O–H groups in total. The molecular formula is C11H17NOS. The summed E-state index contributed by atoms with van der Waals surface area (Å²) in [5, 5.41) is 3.43. The third kappa shape index (κ3) is 2.34. The van der Waals surface area contributed by atoms with Gasteiger partial charge in [0.05, 0.1) is 12.5 Å². The molecule has 3 heteroatoms. The Balaban J connectivity index is 1.92. The van der Waals surface area contributed by atoms with Crippen LogP contribution in [0, 0.1) is 5.92 Å². The van der Waals surface area contributed by atoms with E-state index in [9.17, 15) is 0 Å². The molecule has 2 unspecified atom stereocenters. The first-order chi connectivity index (χ1) is 6.90. The summed E-state index contributed by atoms with van der Waals surface area (Å²) in [7, 11) is 2.06. The summed E-state index contributed by atoms with van der Waals surface area (Å²) in [4.78, 5) is 0. The zero-order valence-electron chi connectivity index (χ0n) is 8.53. The molecule has 1 aromatic heterocycles. The summed E-state index contributed by atoms with van der Waals surface area (Å²) < 4.78 is 5.09. The average molecular weight is 211 g/mol. The Hall–Kier alpha value is -0.410. The van der Waals surface area contributed by atoms with Gasteiger partial charge in [-0.15, -0.1) is 0 Å². The second-order valence-corrected chi connectivity index (χ2v) is 5.00. The Morgan fingerprint density at radius 3 is 3.21 bits per heavy atom. The quantitative estimate of drug-likeness (QED) is 0.826. The lowest BCUT2D eigenvalue weighted by Crippen LogP contribution is -2.35. The molecule has 1 aliphatic heterocycles. The van der Waals surface area contributed by atoms with Crippen LogP contribution in [0.15, 0.2) is 23.0 Å². The van der Waals surface area contributed by atoms with Gasteiger partial charge in [0.2, 0.25) is 0 Å². The number of nitrogens with one attached hydrogen (secondary N) is 1. The van der Waals surface area contributed by atoms with Gasteiger partial charge in [0, 0.05) is 6.04 Å². The lowest BCUT2D eigenvalue weighted by molar-refractivity contribution is 0.403. The van der Waals surface area contributed by atoms with Crippen molar-refractivity contribution in [1.82, 2.24) is 5.32 Å². The number of rotatable bonds is 4. The van der Waals surface area contributed by atoms with Crippen molar-refractivity contribution >= 4 is 11.8 Å². The molecule has 0 radical (unpaired) electrons. The maximum Gasteiger partial charge on any atom is 0.0935 e.